The van der Waals surface area contributed by atoms with Gasteiger partial charge in [0.05, 0.1) is 6.42 Å². The third-order valence-corrected chi connectivity index (χ3v) is 2.04. The maximum Gasteiger partial charge on any atom is 0.329 e. The second kappa shape index (κ2) is 4.08. The minimum Gasteiger partial charge on any atom is -0.478 e. The van der Waals surface area contributed by atoms with Gasteiger partial charge in [0.1, 0.15) is 0 Å². The van der Waals surface area contributed by atoms with E-state index in [1.165, 1.54) is 0 Å². The fraction of sp³-hybridized carbons (Fsp3) is 0.300. The van der Waals surface area contributed by atoms with Crippen LogP contribution in [0.1, 0.15) is 20.3 Å². The second-order valence-corrected chi connectivity index (χ2v) is 3.38. The van der Waals surface area contributed by atoms with Crippen LogP contribution in [0.4, 0.5) is 0 Å². The first-order chi connectivity index (χ1) is 6.93. The van der Waals surface area contributed by atoms with Crippen LogP contribution in [-0.2, 0) is 14.4 Å². The molecule has 0 atom stereocenters. The maximum absolute atomic E-state index is 11.6. The number of rotatable bonds is 2. The molecular formula is C10H11NO4. The quantitative estimate of drug-likeness (QED) is 0.536. The van der Waals surface area contributed by atoms with Crippen LogP contribution in [0.15, 0.2) is 23.4 Å². The molecule has 0 aromatic heterocycles. The molecule has 1 aliphatic heterocycles. The van der Waals surface area contributed by atoms with Crippen LogP contribution < -0.4 is 0 Å². The summed E-state index contributed by atoms with van der Waals surface area (Å²) in [4.78, 5) is 34.0. The molecule has 1 fully saturated rings. The molecule has 1 rings (SSSR count). The van der Waals surface area contributed by atoms with Gasteiger partial charge in [-0.3, -0.25) is 14.5 Å². The Balaban J connectivity index is 2.95. The van der Waals surface area contributed by atoms with Crippen molar-refractivity contribution < 1.29 is 19.5 Å². The zero-order chi connectivity index (χ0) is 11.6. The minimum atomic E-state index is -1.19. The molecule has 5 heteroatoms. The van der Waals surface area contributed by atoms with Crippen LogP contribution >= 0.6 is 0 Å². The Bertz CT molecular complexity index is 388. The van der Waals surface area contributed by atoms with Crippen molar-refractivity contribution in [3.63, 3.8) is 0 Å². The Morgan fingerprint density at radius 2 is 2.00 bits per heavy atom. The number of allylic oxidation sites excluding steroid dienone is 1. The number of likely N-dealkylation sites (tertiary alicyclic amines) is 1. The molecule has 1 N–H and O–H groups in total. The fourth-order valence-corrected chi connectivity index (χ4v) is 1.25. The first kappa shape index (κ1) is 11.2. The molecule has 0 aliphatic carbocycles. The zero-order valence-corrected chi connectivity index (χ0v) is 8.48. The maximum atomic E-state index is 11.6. The summed E-state index contributed by atoms with van der Waals surface area (Å²) in [5, 5.41) is 8.37. The van der Waals surface area contributed by atoms with E-state index >= 15 is 0 Å². The van der Waals surface area contributed by atoms with E-state index in [1.54, 1.807) is 13.8 Å². The summed E-state index contributed by atoms with van der Waals surface area (Å²) in [6, 6.07) is 0. The third kappa shape index (κ3) is 2.31. The molecule has 1 aliphatic rings. The lowest BCUT2D eigenvalue weighted by Gasteiger charge is -2.05. The van der Waals surface area contributed by atoms with E-state index in [0.29, 0.717) is 5.57 Å². The third-order valence-electron chi connectivity index (χ3n) is 2.04. The van der Waals surface area contributed by atoms with Gasteiger partial charge < -0.3 is 5.11 Å². The standard InChI is InChI=1S/C10H11NO4/c1-6(2)7-5-8(12)11(10(7)15)4-3-9(13)14/h3-4H,5H2,1-2H3,(H,13,14)/b4-3+. The molecular weight excluding hydrogens is 198 g/mol. The molecule has 0 radical (unpaired) electrons. The zero-order valence-electron chi connectivity index (χ0n) is 8.48. The van der Waals surface area contributed by atoms with Crippen LogP contribution in [0.2, 0.25) is 0 Å². The summed E-state index contributed by atoms with van der Waals surface area (Å²) in [7, 11) is 0. The van der Waals surface area contributed by atoms with Crippen LogP contribution in [0, 0.1) is 0 Å². The summed E-state index contributed by atoms with van der Waals surface area (Å²) in [5.41, 5.74) is 1.22. The number of aliphatic carboxylic acids is 1. The summed E-state index contributed by atoms with van der Waals surface area (Å²) < 4.78 is 0. The van der Waals surface area contributed by atoms with Crippen LogP contribution in [-0.4, -0.2) is 27.8 Å². The Morgan fingerprint density at radius 3 is 2.40 bits per heavy atom. The van der Waals surface area contributed by atoms with Gasteiger partial charge in [0.2, 0.25) is 5.91 Å². The molecule has 0 spiro atoms. The molecule has 1 saturated heterocycles. The SMILES string of the molecule is CC(C)=C1CC(=O)N(/C=C/C(=O)O)C1=O. The number of carbonyl (C=O) groups excluding carboxylic acids is 2. The molecule has 0 saturated carbocycles. The number of carboxylic acid groups (broad SMARTS) is 1. The molecule has 15 heavy (non-hydrogen) atoms. The monoisotopic (exact) mass is 209 g/mol. The van der Waals surface area contributed by atoms with Crippen LogP contribution in [0.25, 0.3) is 0 Å². The van der Waals surface area contributed by atoms with Crippen molar-refractivity contribution in [2.75, 3.05) is 0 Å². The number of imide groups is 1. The largest absolute Gasteiger partial charge is 0.478 e. The average Bonchev–Trinajstić information content (AvgIpc) is 2.39. The van der Waals surface area contributed by atoms with Gasteiger partial charge in [0.25, 0.3) is 5.91 Å². The second-order valence-electron chi connectivity index (χ2n) is 3.38. The number of hydrogen-bond acceptors (Lipinski definition) is 3. The Kier molecular flexibility index (Phi) is 3.04. The highest BCUT2D eigenvalue weighted by Gasteiger charge is 2.32. The number of nitrogens with zero attached hydrogens (tertiary/aromatic N) is 1. The van der Waals surface area contributed by atoms with Gasteiger partial charge in [0.15, 0.2) is 0 Å². The van der Waals surface area contributed by atoms with Crippen molar-refractivity contribution in [3.05, 3.63) is 23.4 Å². The van der Waals surface area contributed by atoms with E-state index in [9.17, 15) is 14.4 Å². The molecule has 0 unspecified atom stereocenters. The van der Waals surface area contributed by atoms with Gasteiger partial charge in [-0.15, -0.1) is 0 Å². The Morgan fingerprint density at radius 1 is 1.40 bits per heavy atom. The number of carboxylic acids is 1. The highest BCUT2D eigenvalue weighted by atomic mass is 16.4. The van der Waals surface area contributed by atoms with Crippen molar-refractivity contribution >= 4 is 17.8 Å². The molecule has 2 amide bonds. The van der Waals surface area contributed by atoms with E-state index in [1.807, 2.05) is 0 Å². The lowest BCUT2D eigenvalue weighted by Crippen LogP contribution is -2.23. The predicted octanol–water partition coefficient (Wildman–Crippen LogP) is 0.680. The lowest BCUT2D eigenvalue weighted by molar-refractivity contribution is -0.134. The average molecular weight is 209 g/mol. The molecule has 5 nitrogen and oxygen atoms in total. The number of hydrogen-bond donors (Lipinski definition) is 1. The van der Waals surface area contributed by atoms with Gasteiger partial charge in [-0.05, 0) is 13.8 Å². The summed E-state index contributed by atoms with van der Waals surface area (Å²) in [5.74, 6) is -2.02. The normalized spacial score (nSPS) is 16.7. The predicted molar refractivity (Wildman–Crippen MR) is 51.6 cm³/mol. The van der Waals surface area contributed by atoms with E-state index < -0.39 is 17.8 Å². The minimum absolute atomic E-state index is 0.0468. The van der Waals surface area contributed by atoms with Gasteiger partial charge in [0, 0.05) is 17.8 Å². The van der Waals surface area contributed by atoms with Crippen molar-refractivity contribution in [2.24, 2.45) is 0 Å². The summed E-state index contributed by atoms with van der Waals surface area (Å²) in [6.07, 6.45) is 1.80. The highest BCUT2D eigenvalue weighted by molar-refractivity contribution is 6.14. The molecule has 80 valence electrons. The highest BCUT2D eigenvalue weighted by Crippen LogP contribution is 2.21. The van der Waals surface area contributed by atoms with E-state index in [2.05, 4.69) is 0 Å². The van der Waals surface area contributed by atoms with Gasteiger partial charge in [-0.25, -0.2) is 4.79 Å². The number of carbonyl (C=O) groups is 3. The molecule has 0 aromatic rings. The van der Waals surface area contributed by atoms with Crippen LogP contribution in [0.5, 0.6) is 0 Å². The summed E-state index contributed by atoms with van der Waals surface area (Å²) in [6.45, 7) is 3.48. The topological polar surface area (TPSA) is 74.7 Å². The Labute approximate surface area is 86.7 Å². The van der Waals surface area contributed by atoms with E-state index in [0.717, 1.165) is 22.7 Å². The van der Waals surface area contributed by atoms with E-state index in [-0.39, 0.29) is 6.42 Å². The van der Waals surface area contributed by atoms with E-state index in [4.69, 9.17) is 5.11 Å². The van der Waals surface area contributed by atoms with Crippen molar-refractivity contribution in [1.82, 2.24) is 4.90 Å². The molecule has 0 bridgehead atoms. The fourth-order valence-electron chi connectivity index (χ4n) is 1.25. The van der Waals surface area contributed by atoms with Crippen molar-refractivity contribution in [2.45, 2.75) is 20.3 Å². The number of amides is 2. The van der Waals surface area contributed by atoms with Crippen LogP contribution in [0.3, 0.4) is 0 Å². The summed E-state index contributed by atoms with van der Waals surface area (Å²) >= 11 is 0. The smallest absolute Gasteiger partial charge is 0.329 e. The lowest BCUT2D eigenvalue weighted by atomic mass is 10.1. The molecule has 1 heterocycles. The van der Waals surface area contributed by atoms with Crippen molar-refractivity contribution in [1.29, 1.82) is 0 Å². The first-order valence-corrected chi connectivity index (χ1v) is 4.37. The van der Waals surface area contributed by atoms with Gasteiger partial charge in [-0.1, -0.05) is 5.57 Å². The Hall–Kier alpha value is -1.91. The molecule has 0 aromatic carbocycles. The van der Waals surface area contributed by atoms with Gasteiger partial charge in [-0.2, -0.15) is 0 Å². The van der Waals surface area contributed by atoms with Gasteiger partial charge >= 0.3 is 5.97 Å². The van der Waals surface area contributed by atoms with Crippen molar-refractivity contribution in [3.8, 4) is 0 Å². The first-order valence-electron chi connectivity index (χ1n) is 4.37.